The summed E-state index contributed by atoms with van der Waals surface area (Å²) in [5.74, 6) is 0. The first-order chi connectivity index (χ1) is 13.1. The van der Waals surface area contributed by atoms with Gasteiger partial charge in [0.25, 0.3) is 0 Å². The average Bonchev–Trinajstić information content (AvgIpc) is 3.22. The first kappa shape index (κ1) is 19.1. The van der Waals surface area contributed by atoms with Gasteiger partial charge in [0.2, 0.25) is 0 Å². The molecule has 5 heteroatoms. The van der Waals surface area contributed by atoms with Crippen LogP contribution in [0.15, 0.2) is 77.5 Å². The van der Waals surface area contributed by atoms with Gasteiger partial charge in [-0.2, -0.15) is 11.3 Å². The largest absolute Gasteiger partial charge is 0.336 e. The lowest BCUT2D eigenvalue weighted by Crippen LogP contribution is -2.42. The van der Waals surface area contributed by atoms with Gasteiger partial charge in [-0.3, -0.25) is 0 Å². The molecule has 2 aromatic carbocycles. The number of nitrogens with zero attached hydrogens (tertiary/aromatic N) is 1. The van der Waals surface area contributed by atoms with E-state index in [0.29, 0.717) is 6.54 Å². The van der Waals surface area contributed by atoms with Gasteiger partial charge in [-0.05, 0) is 47.6 Å². The standard InChI is InChI=1S/C22H25N3OS/c1-25(2)20(19-13-14-27-16-19)15-23-22(26)24-21(17-9-5-3-6-10-17)18-11-7-4-8-12-18/h3-14,16,20-21H,15H2,1-2H3,(H2,23,24,26). The van der Waals surface area contributed by atoms with Crippen LogP contribution in [0, 0.1) is 0 Å². The molecule has 0 aliphatic carbocycles. The summed E-state index contributed by atoms with van der Waals surface area (Å²) in [5, 5.41) is 10.3. The number of amides is 2. The Morgan fingerprint density at radius 1 is 0.926 bits per heavy atom. The minimum absolute atomic E-state index is 0.147. The molecule has 0 fully saturated rings. The summed E-state index contributed by atoms with van der Waals surface area (Å²) in [7, 11) is 4.05. The lowest BCUT2D eigenvalue weighted by molar-refractivity contribution is 0.231. The Hall–Kier alpha value is -2.63. The van der Waals surface area contributed by atoms with Crippen molar-refractivity contribution in [3.63, 3.8) is 0 Å². The van der Waals surface area contributed by atoms with Gasteiger partial charge in [-0.25, -0.2) is 4.79 Å². The highest BCUT2D eigenvalue weighted by Gasteiger charge is 2.19. The van der Waals surface area contributed by atoms with E-state index >= 15 is 0 Å². The first-order valence-corrected chi connectivity index (χ1v) is 9.92. The Kier molecular flexibility index (Phi) is 6.63. The number of likely N-dealkylation sites (N-methyl/N-ethyl adjacent to an activating group) is 1. The van der Waals surface area contributed by atoms with Crippen LogP contribution in [0.4, 0.5) is 4.79 Å². The number of hydrogen-bond donors (Lipinski definition) is 2. The van der Waals surface area contributed by atoms with Crippen molar-refractivity contribution in [2.24, 2.45) is 0 Å². The Bertz CT molecular complexity index is 780. The number of carbonyl (C=O) groups excluding carboxylic acids is 1. The predicted molar refractivity (Wildman–Crippen MR) is 112 cm³/mol. The summed E-state index contributed by atoms with van der Waals surface area (Å²) in [5.41, 5.74) is 3.33. The molecule has 1 unspecified atom stereocenters. The van der Waals surface area contributed by atoms with Gasteiger partial charge in [0.05, 0.1) is 12.1 Å². The molecule has 1 atom stereocenters. The van der Waals surface area contributed by atoms with E-state index in [0.717, 1.165) is 11.1 Å². The predicted octanol–water partition coefficient (Wildman–Crippen LogP) is 4.44. The minimum atomic E-state index is -0.189. The van der Waals surface area contributed by atoms with Crippen LogP contribution in [0.3, 0.4) is 0 Å². The molecular weight excluding hydrogens is 354 g/mol. The van der Waals surface area contributed by atoms with E-state index in [1.165, 1.54) is 5.56 Å². The van der Waals surface area contributed by atoms with Crippen molar-refractivity contribution >= 4 is 17.4 Å². The van der Waals surface area contributed by atoms with E-state index in [-0.39, 0.29) is 18.1 Å². The zero-order chi connectivity index (χ0) is 19.1. The molecule has 2 N–H and O–H groups in total. The van der Waals surface area contributed by atoms with Gasteiger partial charge in [0.15, 0.2) is 0 Å². The topological polar surface area (TPSA) is 44.4 Å². The molecule has 3 rings (SSSR count). The second-order valence-electron chi connectivity index (χ2n) is 6.64. The summed E-state index contributed by atoms with van der Waals surface area (Å²) in [6, 6.07) is 21.9. The Morgan fingerprint density at radius 2 is 1.52 bits per heavy atom. The van der Waals surface area contributed by atoms with E-state index in [1.54, 1.807) is 11.3 Å². The molecule has 27 heavy (non-hydrogen) atoms. The average molecular weight is 380 g/mol. The summed E-state index contributed by atoms with van der Waals surface area (Å²) in [6.07, 6.45) is 0. The van der Waals surface area contributed by atoms with Gasteiger partial charge < -0.3 is 15.5 Å². The van der Waals surface area contributed by atoms with Crippen molar-refractivity contribution in [1.82, 2.24) is 15.5 Å². The quantitative estimate of drug-likeness (QED) is 0.637. The third-order valence-electron chi connectivity index (χ3n) is 4.55. The summed E-state index contributed by atoms with van der Waals surface area (Å²) >= 11 is 1.67. The van der Waals surface area contributed by atoms with Gasteiger partial charge in [-0.15, -0.1) is 0 Å². The minimum Gasteiger partial charge on any atom is -0.336 e. The molecule has 1 aromatic heterocycles. The van der Waals surface area contributed by atoms with Crippen LogP contribution in [0.5, 0.6) is 0 Å². The maximum Gasteiger partial charge on any atom is 0.315 e. The van der Waals surface area contributed by atoms with E-state index in [9.17, 15) is 4.79 Å². The highest BCUT2D eigenvalue weighted by atomic mass is 32.1. The molecule has 0 aliphatic rings. The normalized spacial score (nSPS) is 12.1. The maximum absolute atomic E-state index is 12.7. The van der Waals surface area contributed by atoms with Crippen LogP contribution in [0.25, 0.3) is 0 Å². The number of carbonyl (C=O) groups is 1. The van der Waals surface area contributed by atoms with Crippen molar-refractivity contribution in [1.29, 1.82) is 0 Å². The molecule has 140 valence electrons. The van der Waals surface area contributed by atoms with Crippen molar-refractivity contribution in [3.8, 4) is 0 Å². The Labute approximate surface area is 164 Å². The molecule has 0 aliphatic heterocycles. The van der Waals surface area contributed by atoms with Gasteiger partial charge >= 0.3 is 6.03 Å². The fourth-order valence-electron chi connectivity index (χ4n) is 3.08. The van der Waals surface area contributed by atoms with E-state index in [1.807, 2.05) is 74.8 Å². The lowest BCUT2D eigenvalue weighted by Gasteiger charge is -2.25. The maximum atomic E-state index is 12.7. The lowest BCUT2D eigenvalue weighted by atomic mass is 9.99. The zero-order valence-electron chi connectivity index (χ0n) is 15.6. The second-order valence-corrected chi connectivity index (χ2v) is 7.42. The number of nitrogens with one attached hydrogen (secondary N) is 2. The monoisotopic (exact) mass is 379 g/mol. The van der Waals surface area contributed by atoms with Crippen LogP contribution in [0.1, 0.15) is 28.8 Å². The second kappa shape index (κ2) is 9.35. The highest BCUT2D eigenvalue weighted by Crippen LogP contribution is 2.22. The molecule has 0 spiro atoms. The third kappa shape index (κ3) is 5.18. The van der Waals surface area contributed by atoms with E-state index in [4.69, 9.17) is 0 Å². The Morgan fingerprint density at radius 3 is 2.00 bits per heavy atom. The zero-order valence-corrected chi connectivity index (χ0v) is 16.4. The first-order valence-electron chi connectivity index (χ1n) is 8.98. The molecule has 1 heterocycles. The van der Waals surface area contributed by atoms with E-state index < -0.39 is 0 Å². The van der Waals surface area contributed by atoms with Crippen LogP contribution < -0.4 is 10.6 Å². The van der Waals surface area contributed by atoms with Crippen molar-refractivity contribution in [2.45, 2.75) is 12.1 Å². The number of rotatable bonds is 7. The van der Waals surface area contributed by atoms with E-state index in [2.05, 4.69) is 32.4 Å². The highest BCUT2D eigenvalue weighted by molar-refractivity contribution is 7.07. The fraction of sp³-hybridized carbons (Fsp3) is 0.227. The molecule has 2 amide bonds. The van der Waals surface area contributed by atoms with Gasteiger partial charge in [0.1, 0.15) is 0 Å². The van der Waals surface area contributed by atoms with Crippen molar-refractivity contribution in [3.05, 3.63) is 94.2 Å². The summed E-state index contributed by atoms with van der Waals surface area (Å²) in [4.78, 5) is 14.8. The summed E-state index contributed by atoms with van der Waals surface area (Å²) < 4.78 is 0. The van der Waals surface area contributed by atoms with Crippen molar-refractivity contribution in [2.75, 3.05) is 20.6 Å². The molecule has 0 bridgehead atoms. The number of thiophene rings is 1. The van der Waals surface area contributed by atoms with Gasteiger partial charge in [0, 0.05) is 6.54 Å². The smallest absolute Gasteiger partial charge is 0.315 e. The molecule has 4 nitrogen and oxygen atoms in total. The van der Waals surface area contributed by atoms with Crippen LogP contribution in [-0.2, 0) is 0 Å². The molecule has 0 radical (unpaired) electrons. The number of urea groups is 1. The molecule has 3 aromatic rings. The number of benzene rings is 2. The third-order valence-corrected chi connectivity index (χ3v) is 5.25. The van der Waals surface area contributed by atoms with Gasteiger partial charge in [-0.1, -0.05) is 60.7 Å². The van der Waals surface area contributed by atoms with Crippen molar-refractivity contribution < 1.29 is 4.79 Å². The molecule has 0 saturated heterocycles. The SMILES string of the molecule is CN(C)C(CNC(=O)NC(c1ccccc1)c1ccccc1)c1ccsc1. The van der Waals surface area contributed by atoms with Crippen LogP contribution in [-0.4, -0.2) is 31.6 Å². The summed E-state index contributed by atoms with van der Waals surface area (Å²) in [6.45, 7) is 0.547. The number of hydrogen-bond acceptors (Lipinski definition) is 3. The molecule has 0 saturated carbocycles. The molecular formula is C22H25N3OS. The van der Waals surface area contributed by atoms with Crippen LogP contribution in [0.2, 0.25) is 0 Å². The van der Waals surface area contributed by atoms with Crippen LogP contribution >= 0.6 is 11.3 Å². The fourth-order valence-corrected chi connectivity index (χ4v) is 3.79. The Balaban J connectivity index is 1.69.